The van der Waals surface area contributed by atoms with Crippen molar-refractivity contribution < 1.29 is 19.0 Å². The van der Waals surface area contributed by atoms with Gasteiger partial charge in [0.25, 0.3) is 0 Å². The highest BCUT2D eigenvalue weighted by atomic mass is 16.6. The maximum Gasteiger partial charge on any atom is 0.340 e. The first-order valence-electron chi connectivity index (χ1n) is 8.54. The molecule has 0 unspecified atom stereocenters. The lowest BCUT2D eigenvalue weighted by Crippen LogP contribution is -2.39. The Hall–Kier alpha value is -2.76. The van der Waals surface area contributed by atoms with Crippen molar-refractivity contribution in [1.82, 2.24) is 4.98 Å². The summed E-state index contributed by atoms with van der Waals surface area (Å²) in [4.78, 5) is 16.8. The van der Waals surface area contributed by atoms with E-state index in [1.54, 1.807) is 26.4 Å². The Morgan fingerprint density at radius 3 is 2.65 bits per heavy atom. The number of nitrogens with one attached hydrogen (secondary N) is 1. The summed E-state index contributed by atoms with van der Waals surface area (Å²) in [5, 5.41) is 3.30. The molecule has 1 aromatic carbocycles. The molecule has 1 aromatic heterocycles. The van der Waals surface area contributed by atoms with Gasteiger partial charge in [0.05, 0.1) is 25.5 Å². The standard InChI is InChI=1S/C20H24N2O4/c1-12-18-15(19(23)26-20(12,2)3)8-9-17(22-18)21-11-13-6-7-14(24-4)10-16(13)25-5/h6-10,12H,11H2,1-5H3,(H,21,22)/t12-/m1/s1. The minimum absolute atomic E-state index is 0.00692. The molecule has 3 rings (SSSR count). The molecule has 1 N–H and O–H groups in total. The summed E-state index contributed by atoms with van der Waals surface area (Å²) in [6.07, 6.45) is 0. The number of anilines is 1. The molecule has 6 nitrogen and oxygen atoms in total. The summed E-state index contributed by atoms with van der Waals surface area (Å²) in [7, 11) is 3.25. The predicted molar refractivity (Wildman–Crippen MR) is 99.0 cm³/mol. The zero-order valence-corrected chi connectivity index (χ0v) is 15.8. The molecule has 6 heteroatoms. The Morgan fingerprint density at radius 2 is 1.96 bits per heavy atom. The molecule has 0 fully saturated rings. The molecule has 0 aliphatic carbocycles. The number of rotatable bonds is 5. The zero-order valence-electron chi connectivity index (χ0n) is 15.8. The van der Waals surface area contributed by atoms with Gasteiger partial charge in [0.2, 0.25) is 0 Å². The molecule has 2 aromatic rings. The van der Waals surface area contributed by atoms with Gasteiger partial charge in [-0.05, 0) is 38.1 Å². The SMILES string of the molecule is COc1ccc(CNc2ccc3c(n2)[C@@H](C)C(C)(C)OC3=O)c(OC)c1. The number of nitrogens with zero attached hydrogens (tertiary/aromatic N) is 1. The number of carbonyl (C=O) groups excluding carboxylic acids is 1. The predicted octanol–water partition coefficient (Wildman–Crippen LogP) is 3.76. The van der Waals surface area contributed by atoms with Gasteiger partial charge in [0.15, 0.2) is 0 Å². The summed E-state index contributed by atoms with van der Waals surface area (Å²) in [6, 6.07) is 9.25. The molecular formula is C20H24N2O4. The van der Waals surface area contributed by atoms with Gasteiger partial charge in [0.1, 0.15) is 22.9 Å². The van der Waals surface area contributed by atoms with E-state index >= 15 is 0 Å². The van der Waals surface area contributed by atoms with Crippen LogP contribution in [0.2, 0.25) is 0 Å². The van der Waals surface area contributed by atoms with E-state index in [0.29, 0.717) is 17.9 Å². The quantitative estimate of drug-likeness (QED) is 0.823. The molecular weight excluding hydrogens is 332 g/mol. The maximum atomic E-state index is 12.2. The Balaban J connectivity index is 1.82. The number of benzene rings is 1. The second-order valence-electron chi connectivity index (χ2n) is 6.88. The van der Waals surface area contributed by atoms with Gasteiger partial charge in [0, 0.05) is 24.1 Å². The average molecular weight is 356 g/mol. The average Bonchev–Trinajstić information content (AvgIpc) is 2.64. The first kappa shape index (κ1) is 18.0. The van der Waals surface area contributed by atoms with E-state index in [1.807, 2.05) is 39.0 Å². The normalized spacial score (nSPS) is 17.9. The van der Waals surface area contributed by atoms with Crippen molar-refractivity contribution in [1.29, 1.82) is 0 Å². The summed E-state index contributed by atoms with van der Waals surface area (Å²) in [6.45, 7) is 6.38. The van der Waals surface area contributed by atoms with Crippen LogP contribution in [0.3, 0.4) is 0 Å². The highest BCUT2D eigenvalue weighted by Crippen LogP contribution is 2.37. The Kier molecular flexibility index (Phi) is 4.76. The summed E-state index contributed by atoms with van der Waals surface area (Å²) >= 11 is 0. The number of methoxy groups -OCH3 is 2. The van der Waals surface area contributed by atoms with Crippen molar-refractivity contribution in [2.24, 2.45) is 0 Å². The third-order valence-electron chi connectivity index (χ3n) is 4.91. The largest absolute Gasteiger partial charge is 0.497 e. The Morgan fingerprint density at radius 1 is 1.19 bits per heavy atom. The van der Waals surface area contributed by atoms with Crippen LogP contribution in [0.5, 0.6) is 11.5 Å². The number of cyclic esters (lactones) is 1. The molecule has 0 radical (unpaired) electrons. The van der Waals surface area contributed by atoms with Crippen LogP contribution in [-0.2, 0) is 11.3 Å². The first-order chi connectivity index (χ1) is 12.4. The van der Waals surface area contributed by atoms with Crippen LogP contribution in [0.1, 0.15) is 48.3 Å². The molecule has 1 aliphatic rings. The minimum Gasteiger partial charge on any atom is -0.497 e. The van der Waals surface area contributed by atoms with Crippen LogP contribution in [0.15, 0.2) is 30.3 Å². The Bertz CT molecular complexity index is 833. The number of fused-ring (bicyclic) bond motifs is 1. The maximum absolute atomic E-state index is 12.2. The van der Waals surface area contributed by atoms with Crippen LogP contribution in [0.4, 0.5) is 5.82 Å². The van der Waals surface area contributed by atoms with E-state index in [0.717, 1.165) is 22.8 Å². The van der Waals surface area contributed by atoms with Gasteiger partial charge in [-0.25, -0.2) is 9.78 Å². The zero-order chi connectivity index (χ0) is 18.9. The van der Waals surface area contributed by atoms with Crippen molar-refractivity contribution in [2.45, 2.75) is 38.8 Å². The van der Waals surface area contributed by atoms with E-state index in [9.17, 15) is 4.79 Å². The van der Waals surface area contributed by atoms with Crippen molar-refractivity contribution in [3.8, 4) is 11.5 Å². The fourth-order valence-corrected chi connectivity index (χ4v) is 2.97. The number of ether oxygens (including phenoxy) is 3. The minimum atomic E-state index is -0.574. The van der Waals surface area contributed by atoms with Crippen LogP contribution in [0.25, 0.3) is 0 Å². The third kappa shape index (κ3) is 3.31. The topological polar surface area (TPSA) is 69.7 Å². The second-order valence-corrected chi connectivity index (χ2v) is 6.88. The van der Waals surface area contributed by atoms with Crippen LogP contribution >= 0.6 is 0 Å². The third-order valence-corrected chi connectivity index (χ3v) is 4.91. The molecule has 1 atom stereocenters. The number of hydrogen-bond acceptors (Lipinski definition) is 6. The van der Waals surface area contributed by atoms with Crippen molar-refractivity contribution in [3.05, 3.63) is 47.2 Å². The fourth-order valence-electron chi connectivity index (χ4n) is 2.97. The van der Waals surface area contributed by atoms with Gasteiger partial charge in [-0.3, -0.25) is 0 Å². The molecule has 0 saturated heterocycles. The lowest BCUT2D eigenvalue weighted by molar-refractivity contribution is -0.0189. The number of aromatic nitrogens is 1. The lowest BCUT2D eigenvalue weighted by Gasteiger charge is -2.36. The molecule has 0 saturated carbocycles. The molecule has 0 spiro atoms. The summed E-state index contributed by atoms with van der Waals surface area (Å²) in [5.74, 6) is 1.88. The summed E-state index contributed by atoms with van der Waals surface area (Å²) < 4.78 is 16.2. The first-order valence-corrected chi connectivity index (χ1v) is 8.54. The molecule has 138 valence electrons. The van der Waals surface area contributed by atoms with Gasteiger partial charge in [-0.1, -0.05) is 6.92 Å². The van der Waals surface area contributed by atoms with Crippen molar-refractivity contribution >= 4 is 11.8 Å². The molecule has 2 heterocycles. The van der Waals surface area contributed by atoms with Crippen LogP contribution < -0.4 is 14.8 Å². The number of esters is 1. The molecule has 0 amide bonds. The van der Waals surface area contributed by atoms with Crippen LogP contribution in [-0.4, -0.2) is 30.8 Å². The van der Waals surface area contributed by atoms with Gasteiger partial charge in [-0.2, -0.15) is 0 Å². The number of hydrogen-bond donors (Lipinski definition) is 1. The monoisotopic (exact) mass is 356 g/mol. The summed E-state index contributed by atoms with van der Waals surface area (Å²) in [5.41, 5.74) is 1.71. The van der Waals surface area contributed by atoms with Gasteiger partial charge >= 0.3 is 5.97 Å². The lowest BCUT2D eigenvalue weighted by atomic mass is 9.84. The van der Waals surface area contributed by atoms with Gasteiger partial charge in [-0.15, -0.1) is 0 Å². The molecule has 0 bridgehead atoms. The van der Waals surface area contributed by atoms with Gasteiger partial charge < -0.3 is 19.5 Å². The molecule has 26 heavy (non-hydrogen) atoms. The highest BCUT2D eigenvalue weighted by Gasteiger charge is 2.40. The van der Waals surface area contributed by atoms with E-state index in [-0.39, 0.29) is 11.9 Å². The van der Waals surface area contributed by atoms with Crippen molar-refractivity contribution in [3.63, 3.8) is 0 Å². The second kappa shape index (κ2) is 6.86. The van der Waals surface area contributed by atoms with E-state index in [1.165, 1.54) is 0 Å². The number of pyridine rings is 1. The van der Waals surface area contributed by atoms with Crippen molar-refractivity contribution in [2.75, 3.05) is 19.5 Å². The number of carbonyl (C=O) groups is 1. The fraction of sp³-hybridized carbons (Fsp3) is 0.400. The van der Waals surface area contributed by atoms with E-state index in [2.05, 4.69) is 10.3 Å². The highest BCUT2D eigenvalue weighted by molar-refractivity contribution is 5.92. The molecule has 1 aliphatic heterocycles. The smallest absolute Gasteiger partial charge is 0.340 e. The van der Waals surface area contributed by atoms with Crippen LogP contribution in [0, 0.1) is 0 Å². The van der Waals surface area contributed by atoms with E-state index in [4.69, 9.17) is 14.2 Å². The van der Waals surface area contributed by atoms with E-state index < -0.39 is 5.60 Å². The Labute approximate surface area is 153 Å².